The van der Waals surface area contributed by atoms with Gasteiger partial charge >= 0.3 is 5.97 Å². The van der Waals surface area contributed by atoms with Crippen molar-refractivity contribution < 1.29 is 14.6 Å². The predicted octanol–water partition coefficient (Wildman–Crippen LogP) is 0.0589. The lowest BCUT2D eigenvalue weighted by atomic mass is 10.6. The molecule has 0 radical (unpaired) electrons. The summed E-state index contributed by atoms with van der Waals surface area (Å²) in [5.41, 5.74) is 0. The van der Waals surface area contributed by atoms with E-state index in [0.29, 0.717) is 0 Å². The van der Waals surface area contributed by atoms with Crippen molar-refractivity contribution in [3.63, 3.8) is 0 Å². The molecule has 0 aromatic rings. The van der Waals surface area contributed by atoms with Crippen LogP contribution < -0.4 is 0 Å². The van der Waals surface area contributed by atoms with Gasteiger partial charge in [-0.25, -0.2) is 0 Å². The molecule has 0 saturated carbocycles. The summed E-state index contributed by atoms with van der Waals surface area (Å²) in [5.74, 6) is 4.40. The normalized spacial score (nSPS) is 8.60. The molecule has 1 N–H and O–H groups in total. The van der Waals surface area contributed by atoms with Gasteiger partial charge in [0.05, 0.1) is 0 Å². The van der Waals surface area contributed by atoms with Crippen molar-refractivity contribution in [2.24, 2.45) is 0 Å². The van der Waals surface area contributed by atoms with Crippen molar-refractivity contribution in [2.45, 2.75) is 6.92 Å². The lowest BCUT2D eigenvalue weighted by Gasteiger charge is -1.85. The molecule has 0 spiro atoms. The minimum atomic E-state index is -0.387. The van der Waals surface area contributed by atoms with E-state index in [2.05, 4.69) is 16.6 Å². The SMILES string of the molecule is CC(=O)OC=CC#CCO. The number of rotatable bonds is 1. The second-order valence-electron chi connectivity index (χ2n) is 1.39. The van der Waals surface area contributed by atoms with Gasteiger partial charge in [0, 0.05) is 13.0 Å². The molecule has 0 aliphatic heterocycles. The van der Waals surface area contributed by atoms with Gasteiger partial charge in [0.1, 0.15) is 12.9 Å². The summed E-state index contributed by atoms with van der Waals surface area (Å²) in [4.78, 5) is 10.1. The first-order chi connectivity index (χ1) is 4.77. The Hall–Kier alpha value is -1.27. The number of hydrogen-bond donors (Lipinski definition) is 1. The maximum absolute atomic E-state index is 10.1. The van der Waals surface area contributed by atoms with E-state index >= 15 is 0 Å². The van der Waals surface area contributed by atoms with Crippen LogP contribution in [-0.4, -0.2) is 17.7 Å². The molecule has 3 nitrogen and oxygen atoms in total. The van der Waals surface area contributed by atoms with Gasteiger partial charge in [-0.1, -0.05) is 11.8 Å². The van der Waals surface area contributed by atoms with E-state index in [4.69, 9.17) is 5.11 Å². The van der Waals surface area contributed by atoms with E-state index in [1.54, 1.807) is 0 Å². The molecule has 0 bridgehead atoms. The Labute approximate surface area is 59.3 Å². The van der Waals surface area contributed by atoms with Crippen molar-refractivity contribution in [3.8, 4) is 11.8 Å². The minimum absolute atomic E-state index is 0.190. The fraction of sp³-hybridized carbons (Fsp3) is 0.286. The summed E-state index contributed by atoms with van der Waals surface area (Å²) in [6.45, 7) is 1.11. The summed E-state index contributed by atoms with van der Waals surface area (Å²) in [7, 11) is 0. The average molecular weight is 140 g/mol. The van der Waals surface area contributed by atoms with Crippen LogP contribution in [0.25, 0.3) is 0 Å². The zero-order valence-corrected chi connectivity index (χ0v) is 5.63. The Morgan fingerprint density at radius 2 is 2.50 bits per heavy atom. The zero-order chi connectivity index (χ0) is 7.82. The zero-order valence-electron chi connectivity index (χ0n) is 5.63. The van der Waals surface area contributed by atoms with Crippen molar-refractivity contribution in [3.05, 3.63) is 12.3 Å². The lowest BCUT2D eigenvalue weighted by molar-refractivity contribution is -0.135. The topological polar surface area (TPSA) is 46.5 Å². The smallest absolute Gasteiger partial charge is 0.307 e. The molecule has 0 amide bonds. The summed E-state index contributed by atoms with van der Waals surface area (Å²) in [6, 6.07) is 0. The number of esters is 1. The Morgan fingerprint density at radius 1 is 1.80 bits per heavy atom. The van der Waals surface area contributed by atoms with Crippen LogP contribution in [0.3, 0.4) is 0 Å². The highest BCUT2D eigenvalue weighted by Crippen LogP contribution is 1.76. The molecule has 0 aromatic heterocycles. The highest BCUT2D eigenvalue weighted by Gasteiger charge is 1.81. The molecule has 0 aromatic carbocycles. The van der Waals surface area contributed by atoms with Gasteiger partial charge < -0.3 is 9.84 Å². The third-order valence-corrected chi connectivity index (χ3v) is 0.566. The van der Waals surface area contributed by atoms with E-state index in [9.17, 15) is 4.79 Å². The number of allylic oxidation sites excluding steroid dienone is 1. The van der Waals surface area contributed by atoms with E-state index in [-0.39, 0.29) is 12.6 Å². The van der Waals surface area contributed by atoms with Crippen molar-refractivity contribution in [2.75, 3.05) is 6.61 Å². The molecule has 0 heterocycles. The van der Waals surface area contributed by atoms with Crippen molar-refractivity contribution >= 4 is 5.97 Å². The maximum Gasteiger partial charge on any atom is 0.307 e. The minimum Gasteiger partial charge on any atom is -0.434 e. The van der Waals surface area contributed by atoms with Gasteiger partial charge in [-0.3, -0.25) is 4.79 Å². The summed E-state index contributed by atoms with van der Waals surface area (Å²) < 4.78 is 4.38. The Morgan fingerprint density at radius 3 is 3.00 bits per heavy atom. The first-order valence-electron chi connectivity index (χ1n) is 2.69. The largest absolute Gasteiger partial charge is 0.434 e. The van der Waals surface area contributed by atoms with Crippen molar-refractivity contribution in [1.29, 1.82) is 0 Å². The summed E-state index contributed by atoms with van der Waals surface area (Å²) in [6.07, 6.45) is 2.52. The third-order valence-electron chi connectivity index (χ3n) is 0.566. The number of ether oxygens (including phenoxy) is 1. The van der Waals surface area contributed by atoms with Crippen LogP contribution in [-0.2, 0) is 9.53 Å². The number of carbonyl (C=O) groups excluding carboxylic acids is 1. The van der Waals surface area contributed by atoms with Gasteiger partial charge in [0.2, 0.25) is 0 Å². The van der Waals surface area contributed by atoms with Gasteiger partial charge in [-0.15, -0.1) is 0 Å². The Kier molecular flexibility index (Phi) is 5.12. The third kappa shape index (κ3) is 6.73. The first kappa shape index (κ1) is 8.73. The van der Waals surface area contributed by atoms with Crippen molar-refractivity contribution in [1.82, 2.24) is 0 Å². The standard InChI is InChI=1S/C7H8O3/c1-7(9)10-6-4-2-3-5-8/h4,6,8H,5H2,1H3. The van der Waals surface area contributed by atoms with Crippen LogP contribution in [0.15, 0.2) is 12.3 Å². The maximum atomic E-state index is 10.1. The second kappa shape index (κ2) is 5.86. The molecule has 0 aliphatic carbocycles. The number of aliphatic hydroxyl groups is 1. The van der Waals surface area contributed by atoms with E-state index in [1.807, 2.05) is 0 Å². The van der Waals surface area contributed by atoms with Gasteiger partial charge in [-0.05, 0) is 0 Å². The number of aliphatic hydroxyl groups excluding tert-OH is 1. The van der Waals surface area contributed by atoms with Crippen LogP contribution in [0.2, 0.25) is 0 Å². The highest BCUT2D eigenvalue weighted by atomic mass is 16.5. The molecule has 0 rings (SSSR count). The molecule has 0 unspecified atom stereocenters. The average Bonchev–Trinajstić information content (AvgIpc) is 1.87. The second-order valence-corrected chi connectivity index (χ2v) is 1.39. The van der Waals surface area contributed by atoms with E-state index < -0.39 is 0 Å². The van der Waals surface area contributed by atoms with Crippen LogP contribution in [0.1, 0.15) is 6.92 Å². The van der Waals surface area contributed by atoms with E-state index in [0.717, 1.165) is 0 Å². The quantitative estimate of drug-likeness (QED) is 0.318. The van der Waals surface area contributed by atoms with Crippen LogP contribution in [0.5, 0.6) is 0 Å². The highest BCUT2D eigenvalue weighted by molar-refractivity contribution is 5.66. The fourth-order valence-corrected chi connectivity index (χ4v) is 0.268. The predicted molar refractivity (Wildman–Crippen MR) is 35.8 cm³/mol. The molecule has 3 heteroatoms. The Bertz CT molecular complexity index is 183. The Balaban J connectivity index is 3.47. The molecule has 0 fully saturated rings. The molecule has 0 aliphatic rings. The molecule has 0 atom stereocenters. The van der Waals surface area contributed by atoms with Crippen LogP contribution >= 0.6 is 0 Å². The lowest BCUT2D eigenvalue weighted by Crippen LogP contribution is -1.88. The molecular weight excluding hydrogens is 132 g/mol. The summed E-state index contributed by atoms with van der Waals surface area (Å²) in [5, 5.41) is 8.16. The van der Waals surface area contributed by atoms with Crippen LogP contribution in [0.4, 0.5) is 0 Å². The fourth-order valence-electron chi connectivity index (χ4n) is 0.268. The molecule has 54 valence electrons. The van der Waals surface area contributed by atoms with E-state index in [1.165, 1.54) is 19.3 Å². The van der Waals surface area contributed by atoms with Crippen LogP contribution in [0, 0.1) is 11.8 Å². The summed E-state index contributed by atoms with van der Waals surface area (Å²) >= 11 is 0. The molecular formula is C7H8O3. The van der Waals surface area contributed by atoms with Gasteiger partial charge in [0.15, 0.2) is 0 Å². The molecule has 10 heavy (non-hydrogen) atoms. The number of carbonyl (C=O) groups is 1. The number of hydrogen-bond acceptors (Lipinski definition) is 3. The van der Waals surface area contributed by atoms with Gasteiger partial charge in [-0.2, -0.15) is 0 Å². The monoisotopic (exact) mass is 140 g/mol. The van der Waals surface area contributed by atoms with Gasteiger partial charge in [0.25, 0.3) is 0 Å². The molecule has 0 saturated heterocycles. The first-order valence-corrected chi connectivity index (χ1v) is 2.69.